The molecule has 0 saturated carbocycles. The normalized spacial score (nSPS) is 12.0. The zero-order valence-electron chi connectivity index (χ0n) is 35.2. The van der Waals surface area contributed by atoms with Crippen LogP contribution in [0.4, 0.5) is 34.1 Å². The molecule has 60 heavy (non-hydrogen) atoms. The maximum absolute atomic E-state index is 9.47. The predicted molar refractivity (Wildman–Crippen MR) is 263 cm³/mol. The summed E-state index contributed by atoms with van der Waals surface area (Å²) in [6, 6.07) is 64.6. The summed E-state index contributed by atoms with van der Waals surface area (Å²) in [4.78, 5) is 4.52. The summed E-state index contributed by atoms with van der Waals surface area (Å²) < 4.78 is 0. The Hall–Kier alpha value is -6.97. The maximum atomic E-state index is 9.47. The molecule has 294 valence electrons. The summed E-state index contributed by atoms with van der Waals surface area (Å²) in [7, 11) is -3.19. The van der Waals surface area contributed by atoms with Gasteiger partial charge in [0.05, 0.1) is 19.7 Å². The van der Waals surface area contributed by atoms with Crippen LogP contribution >= 0.6 is 0 Å². The molecule has 0 unspecified atom stereocenters. The van der Waals surface area contributed by atoms with Gasteiger partial charge in [0, 0.05) is 17.1 Å². The third-order valence-corrected chi connectivity index (χ3v) is 15.8. The van der Waals surface area contributed by atoms with Crippen molar-refractivity contribution in [3.05, 3.63) is 192 Å². The molecule has 0 radical (unpaired) electrons. The fraction of sp³-hybridized carbons (Fsp3) is 0.111. The molecule has 0 aromatic heterocycles. The quantitative estimate of drug-likeness (QED) is 0.0784. The van der Waals surface area contributed by atoms with Crippen LogP contribution in [0.25, 0.3) is 33.7 Å². The molecule has 0 aliphatic carbocycles. The second-order valence-electron chi connectivity index (χ2n) is 17.9. The van der Waals surface area contributed by atoms with Crippen molar-refractivity contribution < 1.29 is 0 Å². The third-order valence-electron chi connectivity index (χ3n) is 11.4. The van der Waals surface area contributed by atoms with E-state index < -0.39 is 16.1 Å². The average molecular weight is 810 g/mol. The van der Waals surface area contributed by atoms with Gasteiger partial charge in [0.25, 0.3) is 0 Å². The Morgan fingerprint density at radius 2 is 0.817 bits per heavy atom. The summed E-state index contributed by atoms with van der Waals surface area (Å²) in [5.41, 5.74) is 9.86. The van der Waals surface area contributed by atoms with Gasteiger partial charge in [0.15, 0.2) is 0 Å². The number of fused-ring (bicyclic) bond motifs is 3. The monoisotopic (exact) mass is 809 g/mol. The van der Waals surface area contributed by atoms with Crippen LogP contribution in [0, 0.1) is 22.7 Å². The van der Waals surface area contributed by atoms with Crippen molar-refractivity contribution in [3.8, 4) is 12.1 Å². The Morgan fingerprint density at radius 3 is 1.30 bits per heavy atom. The summed E-state index contributed by atoms with van der Waals surface area (Å²) in [5, 5.41) is 26.5. The van der Waals surface area contributed by atoms with Gasteiger partial charge in [-0.15, -0.1) is 0 Å². The number of rotatable bonds is 10. The van der Waals surface area contributed by atoms with Crippen molar-refractivity contribution in [1.82, 2.24) is 0 Å². The van der Waals surface area contributed by atoms with Crippen molar-refractivity contribution in [2.24, 2.45) is 0 Å². The summed E-state index contributed by atoms with van der Waals surface area (Å²) in [5.74, 6) is 0. The zero-order chi connectivity index (χ0) is 42.0. The number of benzene rings is 8. The predicted octanol–water partition coefficient (Wildman–Crippen LogP) is 13.7. The van der Waals surface area contributed by atoms with Crippen molar-refractivity contribution in [1.29, 1.82) is 10.5 Å². The minimum Gasteiger partial charge on any atom is -0.0609 e. The largest absolute Gasteiger partial charge is 0.0609 e. The van der Waals surface area contributed by atoms with E-state index in [0.29, 0.717) is 11.1 Å². The first-order valence-electron chi connectivity index (χ1n) is 20.7. The van der Waals surface area contributed by atoms with E-state index in [0.717, 1.165) is 45.3 Å². The summed E-state index contributed by atoms with van der Waals surface area (Å²) in [6.45, 7) is 14.3. The molecule has 0 amide bonds. The molecule has 0 bridgehead atoms. The molecule has 4 nitrogen and oxygen atoms in total. The topological polar surface area (TPSA) is 54.1 Å². The molecular formula is C54H49N4Si2-. The Labute approximate surface area is 356 Å². The van der Waals surface area contributed by atoms with Crippen molar-refractivity contribution in [3.63, 3.8) is 0 Å². The van der Waals surface area contributed by atoms with Gasteiger partial charge >= 0.3 is 168 Å². The molecular weight excluding hydrogens is 761 g/mol. The Kier molecular flexibility index (Phi) is 10.9. The van der Waals surface area contributed by atoms with Crippen LogP contribution in [0.1, 0.15) is 22.3 Å². The van der Waals surface area contributed by atoms with Crippen molar-refractivity contribution >= 4 is 94.3 Å². The summed E-state index contributed by atoms with van der Waals surface area (Å²) in [6.07, 6.45) is 4.35. The van der Waals surface area contributed by atoms with Gasteiger partial charge in [-0.3, -0.25) is 0 Å². The van der Waals surface area contributed by atoms with E-state index in [-0.39, 0.29) is 0 Å². The van der Waals surface area contributed by atoms with E-state index in [1.54, 1.807) is 0 Å². The fourth-order valence-corrected chi connectivity index (χ4v) is 10.3. The van der Waals surface area contributed by atoms with Gasteiger partial charge in [0.1, 0.15) is 0 Å². The molecule has 0 fully saturated rings. The van der Waals surface area contributed by atoms with Crippen LogP contribution in [-0.2, 0) is 0 Å². The Balaban J connectivity index is 1.06. The molecule has 0 N–H and O–H groups in total. The van der Waals surface area contributed by atoms with Crippen LogP contribution in [-0.4, -0.2) is 16.1 Å². The first-order chi connectivity index (χ1) is 28.9. The number of anilines is 6. The van der Waals surface area contributed by atoms with Crippen molar-refractivity contribution in [2.75, 3.05) is 9.80 Å². The van der Waals surface area contributed by atoms with Gasteiger partial charge in [-0.05, 0) is 76.1 Å². The van der Waals surface area contributed by atoms with Gasteiger partial charge in [-0.25, -0.2) is 0 Å². The van der Waals surface area contributed by atoms with Crippen LogP contribution < -0.4 is 20.2 Å². The number of hydrogen-bond acceptors (Lipinski definition) is 4. The second-order valence-corrected chi connectivity index (χ2v) is 28.8. The molecule has 8 aromatic rings. The van der Waals surface area contributed by atoms with Gasteiger partial charge < -0.3 is 4.90 Å². The molecule has 0 saturated heterocycles. The average Bonchev–Trinajstić information content (AvgIpc) is 3.26. The van der Waals surface area contributed by atoms with E-state index in [1.165, 1.54) is 31.9 Å². The smallest absolute Gasteiger partial charge is 0.0105 e. The van der Waals surface area contributed by atoms with E-state index in [1.807, 2.05) is 48.5 Å². The van der Waals surface area contributed by atoms with Gasteiger partial charge in [-0.2, -0.15) is 5.26 Å². The Morgan fingerprint density at radius 1 is 0.433 bits per heavy atom. The first-order valence-corrected chi connectivity index (χ1v) is 28.3. The van der Waals surface area contributed by atoms with E-state index in [2.05, 4.69) is 195 Å². The summed E-state index contributed by atoms with van der Waals surface area (Å²) >= 11 is 0. The van der Waals surface area contributed by atoms with E-state index in [4.69, 9.17) is 0 Å². The first kappa shape index (κ1) is 39.8. The maximum Gasteiger partial charge on any atom is -0.0105 e. The standard InChI is InChI=1S/C54H49N4Si2/c1-59(2,3)51-29-24-48(25-30-51)57(46-20-11-41(37-55)12-21-46)45-18-9-39(10-19-45)7-8-40-15-33-53-43(35-40)16-17-44-36-50(28-34-54(44)53)58(47-22-13-42(38-56)14-23-47)49-26-31-52(32-27-49)60(4,5)6/h7-36,59H,1-6H3/q-1/b8-7+. The molecule has 0 aliphatic heterocycles. The second kappa shape index (κ2) is 16.4. The zero-order valence-corrected chi connectivity index (χ0v) is 37.3. The molecule has 6 heteroatoms. The van der Waals surface area contributed by atoms with Crippen molar-refractivity contribution in [2.45, 2.75) is 39.3 Å². The van der Waals surface area contributed by atoms with Crippen LogP contribution in [0.5, 0.6) is 0 Å². The van der Waals surface area contributed by atoms with E-state index >= 15 is 0 Å². The third kappa shape index (κ3) is 8.44. The SMILES string of the molecule is C[Si](C)(C)c1ccc(N(c2ccc(C#N)cc2)c2ccc3c(ccc4cc(/C=C/c5ccc(N(c6ccc(C#N)cc6)c6ccc([SiH-](C)(C)C)cc6)cc5)ccc43)c2)cc1. The Bertz CT molecular complexity index is 2920. The molecule has 8 rings (SSSR count). The van der Waals surface area contributed by atoms with Crippen LogP contribution in [0.15, 0.2) is 170 Å². The molecule has 0 atom stereocenters. The minimum atomic E-state index is -1.74. The minimum absolute atomic E-state index is 0.645. The number of nitrogens with zero attached hydrogens (tertiary/aromatic N) is 4. The molecule has 0 heterocycles. The molecule has 0 aliphatic rings. The van der Waals surface area contributed by atoms with Gasteiger partial charge in [0.2, 0.25) is 0 Å². The van der Waals surface area contributed by atoms with Crippen LogP contribution in [0.3, 0.4) is 0 Å². The number of hydrogen-bond donors (Lipinski definition) is 0. The molecule has 0 spiro atoms. The van der Waals surface area contributed by atoms with Gasteiger partial charge in [-0.1, -0.05) is 67.3 Å². The van der Waals surface area contributed by atoms with Crippen LogP contribution in [0.2, 0.25) is 39.3 Å². The molecule has 8 aromatic carbocycles. The number of nitriles is 2. The fourth-order valence-electron chi connectivity index (χ4n) is 7.82. The van der Waals surface area contributed by atoms with E-state index in [9.17, 15) is 10.5 Å².